The van der Waals surface area contributed by atoms with Gasteiger partial charge in [-0.15, -0.1) is 11.3 Å². The van der Waals surface area contributed by atoms with E-state index in [1.165, 1.54) is 10.9 Å². The maximum Gasteiger partial charge on any atom is 0.139 e. The summed E-state index contributed by atoms with van der Waals surface area (Å²) in [6, 6.07) is 6.98. The van der Waals surface area contributed by atoms with E-state index in [1.54, 1.807) is 17.4 Å². The molecule has 2 rings (SSSR count). The van der Waals surface area contributed by atoms with E-state index in [0.717, 1.165) is 5.69 Å². The van der Waals surface area contributed by atoms with E-state index in [9.17, 15) is 4.39 Å². The summed E-state index contributed by atoms with van der Waals surface area (Å²) >= 11 is 4.80. The maximum atomic E-state index is 13.1. The SMILES string of the molecule is Nc1cc(F)c(Br)cc1NCc1cccs1. The molecule has 1 heterocycles. The molecule has 2 aromatic rings. The number of halogens is 2. The van der Waals surface area contributed by atoms with Crippen LogP contribution in [0.2, 0.25) is 0 Å². The molecule has 0 bridgehead atoms. The van der Waals surface area contributed by atoms with Gasteiger partial charge in [0.25, 0.3) is 0 Å². The van der Waals surface area contributed by atoms with Crippen molar-refractivity contribution in [3.8, 4) is 0 Å². The summed E-state index contributed by atoms with van der Waals surface area (Å²) in [5.41, 5.74) is 6.86. The Balaban J connectivity index is 2.12. The molecule has 0 unspecified atom stereocenters. The summed E-state index contributed by atoms with van der Waals surface area (Å²) in [5.74, 6) is -0.348. The fraction of sp³-hybridized carbons (Fsp3) is 0.0909. The summed E-state index contributed by atoms with van der Waals surface area (Å²) in [7, 11) is 0. The number of rotatable bonds is 3. The fourth-order valence-electron chi connectivity index (χ4n) is 1.31. The Hall–Kier alpha value is -1.07. The Bertz CT molecular complexity index is 485. The molecule has 0 spiro atoms. The lowest BCUT2D eigenvalue weighted by atomic mass is 10.2. The van der Waals surface area contributed by atoms with Crippen molar-refractivity contribution in [1.82, 2.24) is 0 Å². The molecule has 0 saturated carbocycles. The molecule has 5 heteroatoms. The molecule has 0 atom stereocenters. The molecule has 0 amide bonds. The molecule has 0 aliphatic heterocycles. The minimum atomic E-state index is -0.348. The van der Waals surface area contributed by atoms with Gasteiger partial charge in [-0.2, -0.15) is 0 Å². The van der Waals surface area contributed by atoms with E-state index in [0.29, 0.717) is 16.7 Å². The molecule has 16 heavy (non-hydrogen) atoms. The predicted octanol–water partition coefficient (Wildman–Crippen LogP) is 3.84. The molecular weight excluding hydrogens is 291 g/mol. The number of thiophene rings is 1. The lowest BCUT2D eigenvalue weighted by molar-refractivity contribution is 0.622. The molecule has 0 radical (unpaired) electrons. The van der Waals surface area contributed by atoms with Crippen molar-refractivity contribution in [3.63, 3.8) is 0 Å². The van der Waals surface area contributed by atoms with Crippen LogP contribution in [-0.4, -0.2) is 0 Å². The number of nitrogens with one attached hydrogen (secondary N) is 1. The highest BCUT2D eigenvalue weighted by atomic mass is 79.9. The van der Waals surface area contributed by atoms with Crippen LogP contribution >= 0.6 is 27.3 Å². The number of hydrogen-bond donors (Lipinski definition) is 2. The first-order chi connectivity index (χ1) is 7.66. The Morgan fingerprint density at radius 1 is 1.44 bits per heavy atom. The third-order valence-corrected chi connectivity index (χ3v) is 3.61. The Morgan fingerprint density at radius 2 is 2.25 bits per heavy atom. The van der Waals surface area contributed by atoms with Crippen LogP contribution in [0.1, 0.15) is 4.88 Å². The highest BCUT2D eigenvalue weighted by Crippen LogP contribution is 2.27. The maximum absolute atomic E-state index is 13.1. The Labute approximate surface area is 105 Å². The molecule has 0 aliphatic carbocycles. The topological polar surface area (TPSA) is 38.0 Å². The predicted molar refractivity (Wildman–Crippen MR) is 70.2 cm³/mol. The lowest BCUT2D eigenvalue weighted by Crippen LogP contribution is -2.02. The highest BCUT2D eigenvalue weighted by molar-refractivity contribution is 9.10. The van der Waals surface area contributed by atoms with Gasteiger partial charge < -0.3 is 11.1 Å². The zero-order chi connectivity index (χ0) is 11.5. The highest BCUT2D eigenvalue weighted by Gasteiger charge is 2.05. The van der Waals surface area contributed by atoms with Crippen molar-refractivity contribution in [2.24, 2.45) is 0 Å². The third-order valence-electron chi connectivity index (χ3n) is 2.13. The minimum absolute atomic E-state index is 0.348. The van der Waals surface area contributed by atoms with E-state index >= 15 is 0 Å². The molecule has 1 aromatic carbocycles. The van der Waals surface area contributed by atoms with Gasteiger partial charge in [0.15, 0.2) is 0 Å². The van der Waals surface area contributed by atoms with Crippen molar-refractivity contribution in [2.45, 2.75) is 6.54 Å². The van der Waals surface area contributed by atoms with Gasteiger partial charge in [-0.3, -0.25) is 0 Å². The van der Waals surface area contributed by atoms with Gasteiger partial charge in [0, 0.05) is 17.5 Å². The molecule has 0 saturated heterocycles. The molecule has 0 fully saturated rings. The summed E-state index contributed by atoms with van der Waals surface area (Å²) in [5, 5.41) is 5.19. The van der Waals surface area contributed by atoms with E-state index in [2.05, 4.69) is 21.2 Å². The summed E-state index contributed by atoms with van der Waals surface area (Å²) in [6.45, 7) is 0.694. The number of nitrogens with two attached hydrogens (primary N) is 1. The van der Waals surface area contributed by atoms with Gasteiger partial charge in [-0.05, 0) is 33.4 Å². The summed E-state index contributed by atoms with van der Waals surface area (Å²) in [4.78, 5) is 1.21. The smallest absolute Gasteiger partial charge is 0.139 e. The Kier molecular flexibility index (Phi) is 3.46. The van der Waals surface area contributed by atoms with Gasteiger partial charge in [0.2, 0.25) is 0 Å². The van der Waals surface area contributed by atoms with Crippen LogP contribution in [0.25, 0.3) is 0 Å². The van der Waals surface area contributed by atoms with Crippen LogP contribution in [0.5, 0.6) is 0 Å². The first kappa shape index (κ1) is 11.4. The van der Waals surface area contributed by atoms with Crippen molar-refractivity contribution >= 4 is 38.6 Å². The molecule has 84 valence electrons. The second-order valence-corrected chi connectivity index (χ2v) is 5.17. The van der Waals surface area contributed by atoms with Crippen molar-refractivity contribution < 1.29 is 4.39 Å². The quantitative estimate of drug-likeness (QED) is 0.845. The molecule has 0 aliphatic rings. The van der Waals surface area contributed by atoms with Crippen LogP contribution in [0, 0.1) is 5.82 Å². The second kappa shape index (κ2) is 4.84. The van der Waals surface area contributed by atoms with Gasteiger partial charge in [0.05, 0.1) is 15.8 Å². The molecule has 2 nitrogen and oxygen atoms in total. The van der Waals surface area contributed by atoms with Crippen molar-refractivity contribution in [2.75, 3.05) is 11.1 Å². The number of nitrogen functional groups attached to an aromatic ring is 1. The largest absolute Gasteiger partial charge is 0.397 e. The van der Waals surface area contributed by atoms with E-state index in [1.807, 2.05) is 17.5 Å². The minimum Gasteiger partial charge on any atom is -0.397 e. The molecule has 1 aromatic heterocycles. The van der Waals surface area contributed by atoms with Crippen LogP contribution in [0.3, 0.4) is 0 Å². The number of benzene rings is 1. The zero-order valence-corrected chi connectivity index (χ0v) is 10.7. The van der Waals surface area contributed by atoms with E-state index in [-0.39, 0.29) is 5.82 Å². The van der Waals surface area contributed by atoms with Crippen molar-refractivity contribution in [3.05, 3.63) is 44.8 Å². The van der Waals surface area contributed by atoms with Crippen LogP contribution < -0.4 is 11.1 Å². The van der Waals surface area contributed by atoms with Gasteiger partial charge >= 0.3 is 0 Å². The average molecular weight is 301 g/mol. The number of anilines is 2. The molecular formula is C11H10BrFN2S. The second-order valence-electron chi connectivity index (χ2n) is 3.29. The van der Waals surface area contributed by atoms with E-state index < -0.39 is 0 Å². The first-order valence-corrected chi connectivity index (χ1v) is 6.35. The van der Waals surface area contributed by atoms with Gasteiger partial charge in [-0.1, -0.05) is 6.07 Å². The standard InChI is InChI=1S/C11H10BrFN2S/c12-8-4-11(10(14)5-9(8)13)15-6-7-2-1-3-16-7/h1-5,15H,6,14H2. The van der Waals surface area contributed by atoms with Gasteiger partial charge in [-0.25, -0.2) is 4.39 Å². The first-order valence-electron chi connectivity index (χ1n) is 4.67. The number of hydrogen-bond acceptors (Lipinski definition) is 3. The van der Waals surface area contributed by atoms with Crippen LogP contribution in [0.4, 0.5) is 15.8 Å². The van der Waals surface area contributed by atoms with Crippen LogP contribution in [0.15, 0.2) is 34.1 Å². The zero-order valence-electron chi connectivity index (χ0n) is 8.34. The third kappa shape index (κ3) is 2.54. The Morgan fingerprint density at radius 3 is 2.94 bits per heavy atom. The molecule has 3 N–H and O–H groups in total. The van der Waals surface area contributed by atoms with Gasteiger partial charge in [0.1, 0.15) is 5.82 Å². The van der Waals surface area contributed by atoms with Crippen LogP contribution in [-0.2, 0) is 6.54 Å². The fourth-order valence-corrected chi connectivity index (χ4v) is 2.30. The average Bonchev–Trinajstić information content (AvgIpc) is 2.74. The summed E-state index contributed by atoms with van der Waals surface area (Å²) in [6.07, 6.45) is 0. The van der Waals surface area contributed by atoms with Crippen molar-refractivity contribution in [1.29, 1.82) is 0 Å². The monoisotopic (exact) mass is 300 g/mol. The normalized spacial score (nSPS) is 10.4. The summed E-state index contributed by atoms with van der Waals surface area (Å²) < 4.78 is 13.5. The lowest BCUT2D eigenvalue weighted by Gasteiger charge is -2.09. The van der Waals surface area contributed by atoms with E-state index in [4.69, 9.17) is 5.73 Å².